The third-order valence-electron chi connectivity index (χ3n) is 2.89. The summed E-state index contributed by atoms with van der Waals surface area (Å²) in [5.74, 6) is 1.66. The van der Waals surface area contributed by atoms with Crippen molar-refractivity contribution in [3.63, 3.8) is 0 Å². The summed E-state index contributed by atoms with van der Waals surface area (Å²) < 4.78 is 8.56. The Morgan fingerprint density at radius 1 is 0.955 bits per heavy atom. The number of halogens is 3. The van der Waals surface area contributed by atoms with Gasteiger partial charge in [-0.2, -0.15) is 0 Å². The molecule has 0 heterocycles. The van der Waals surface area contributed by atoms with E-state index >= 15 is 0 Å². The van der Waals surface area contributed by atoms with E-state index in [0.29, 0.717) is 18.6 Å². The van der Waals surface area contributed by atoms with E-state index in [-0.39, 0.29) is 5.75 Å². The number of ether oxygens (including phenoxy) is 1. The average Bonchev–Trinajstić information content (AvgIpc) is 2.44. The number of aliphatic hydroxyl groups excluding tert-OH is 1. The van der Waals surface area contributed by atoms with Crippen LogP contribution >= 0.6 is 67.8 Å². The monoisotopic (exact) mass is 638 g/mol. The molecule has 0 spiro atoms. The number of hydrogen-bond donors (Lipinski definition) is 3. The van der Waals surface area contributed by atoms with Crippen LogP contribution in [0.4, 0.5) is 0 Å². The van der Waals surface area contributed by atoms with Gasteiger partial charge in [0.05, 0.1) is 10.7 Å². The summed E-state index contributed by atoms with van der Waals surface area (Å²) in [6, 6.07) is 9.06. The molecule has 0 saturated heterocycles. The van der Waals surface area contributed by atoms with Crippen molar-refractivity contribution in [2.45, 2.75) is 19.1 Å². The van der Waals surface area contributed by atoms with E-state index in [1.165, 1.54) is 0 Å². The lowest BCUT2D eigenvalue weighted by atomic mass is 10.1. The fourth-order valence-corrected chi connectivity index (χ4v) is 4.42. The molecule has 0 unspecified atom stereocenters. The van der Waals surface area contributed by atoms with Crippen LogP contribution in [0.3, 0.4) is 0 Å². The molecule has 7 heteroatoms. The molecule has 4 nitrogen and oxygen atoms in total. The first-order chi connectivity index (χ1) is 10.4. The number of aryl methyl sites for hydroxylation is 1. The molecule has 2 rings (SSSR count). The van der Waals surface area contributed by atoms with Gasteiger partial charge >= 0.3 is 0 Å². The normalized spacial score (nSPS) is 11.0. The van der Waals surface area contributed by atoms with E-state index in [2.05, 4.69) is 67.8 Å². The van der Waals surface area contributed by atoms with Gasteiger partial charge < -0.3 is 20.1 Å². The first-order valence-electron chi connectivity index (χ1n) is 6.37. The van der Waals surface area contributed by atoms with Gasteiger partial charge in [-0.25, -0.2) is 0 Å². The van der Waals surface area contributed by atoms with Crippen molar-refractivity contribution >= 4 is 67.8 Å². The maximum absolute atomic E-state index is 9.55. The molecule has 0 fully saturated rings. The van der Waals surface area contributed by atoms with Crippen LogP contribution in [0.15, 0.2) is 30.3 Å². The molecule has 22 heavy (non-hydrogen) atoms. The van der Waals surface area contributed by atoms with Crippen molar-refractivity contribution in [2.75, 3.05) is 0 Å². The van der Waals surface area contributed by atoms with Crippen LogP contribution in [-0.4, -0.2) is 21.6 Å². The highest BCUT2D eigenvalue weighted by Gasteiger charge is 2.12. The molecule has 0 aliphatic carbocycles. The minimum atomic E-state index is -1.29. The molecule has 0 radical (unpaired) electrons. The van der Waals surface area contributed by atoms with Crippen molar-refractivity contribution in [2.24, 2.45) is 0 Å². The van der Waals surface area contributed by atoms with E-state index in [1.54, 1.807) is 18.2 Å². The molecule has 0 amide bonds. The summed E-state index contributed by atoms with van der Waals surface area (Å²) >= 11 is 6.46. The maximum atomic E-state index is 9.55. The van der Waals surface area contributed by atoms with Gasteiger partial charge in [0.15, 0.2) is 12.0 Å². The lowest BCUT2D eigenvalue weighted by molar-refractivity contribution is -0.0447. The van der Waals surface area contributed by atoms with Crippen LogP contribution in [0.5, 0.6) is 17.2 Å². The zero-order valence-corrected chi connectivity index (χ0v) is 17.7. The highest BCUT2D eigenvalue weighted by molar-refractivity contribution is 14.1. The number of aromatic hydroxyl groups is 1. The Bertz CT molecular complexity index is 651. The third kappa shape index (κ3) is 5.08. The van der Waals surface area contributed by atoms with Crippen LogP contribution in [0.2, 0.25) is 0 Å². The second-order valence-corrected chi connectivity index (χ2v) is 8.11. The van der Waals surface area contributed by atoms with Crippen LogP contribution in [-0.2, 0) is 6.42 Å². The zero-order chi connectivity index (χ0) is 16.3. The van der Waals surface area contributed by atoms with Crippen molar-refractivity contribution in [3.05, 3.63) is 46.6 Å². The molecule has 118 valence electrons. The topological polar surface area (TPSA) is 69.9 Å². The fourth-order valence-electron chi connectivity index (χ4n) is 1.82. The van der Waals surface area contributed by atoms with Crippen LogP contribution in [0.25, 0.3) is 0 Å². The van der Waals surface area contributed by atoms with Crippen molar-refractivity contribution in [1.29, 1.82) is 0 Å². The molecule has 2 aromatic rings. The Balaban J connectivity index is 2.22. The second kappa shape index (κ2) is 8.31. The SMILES string of the molecule is Oc1ccc(Oc2c(I)cc(CCC(O)O)cc2I)cc1I. The van der Waals surface area contributed by atoms with Crippen molar-refractivity contribution < 1.29 is 20.1 Å². The molecular formula is C15H13I3O4. The van der Waals surface area contributed by atoms with Gasteiger partial charge in [0.25, 0.3) is 0 Å². The number of hydrogen-bond acceptors (Lipinski definition) is 4. The highest BCUT2D eigenvalue weighted by atomic mass is 127. The quantitative estimate of drug-likeness (QED) is 0.339. The van der Waals surface area contributed by atoms with Gasteiger partial charge in [0, 0.05) is 6.42 Å². The van der Waals surface area contributed by atoms with Gasteiger partial charge in [-0.1, -0.05) is 0 Å². The van der Waals surface area contributed by atoms with E-state index in [4.69, 9.17) is 14.9 Å². The van der Waals surface area contributed by atoms with Gasteiger partial charge in [0.2, 0.25) is 0 Å². The minimum Gasteiger partial charge on any atom is -0.507 e. The lowest BCUT2D eigenvalue weighted by Gasteiger charge is -2.13. The molecule has 0 bridgehead atoms. The minimum absolute atomic E-state index is 0.232. The Hall–Kier alpha value is 0.150. The number of phenols is 1. The zero-order valence-electron chi connectivity index (χ0n) is 11.3. The summed E-state index contributed by atoms with van der Waals surface area (Å²) in [5, 5.41) is 27.5. The van der Waals surface area contributed by atoms with E-state index in [0.717, 1.165) is 22.0 Å². The van der Waals surface area contributed by atoms with E-state index in [9.17, 15) is 5.11 Å². The Kier molecular flexibility index (Phi) is 6.98. The number of aliphatic hydroxyl groups is 2. The molecule has 0 aromatic heterocycles. The van der Waals surface area contributed by atoms with E-state index < -0.39 is 6.29 Å². The number of benzene rings is 2. The first-order valence-corrected chi connectivity index (χ1v) is 9.61. The van der Waals surface area contributed by atoms with Crippen LogP contribution in [0, 0.1) is 10.7 Å². The summed E-state index contributed by atoms with van der Waals surface area (Å²) in [7, 11) is 0. The van der Waals surface area contributed by atoms with Crippen LogP contribution in [0.1, 0.15) is 12.0 Å². The lowest BCUT2D eigenvalue weighted by Crippen LogP contribution is -2.06. The summed E-state index contributed by atoms with van der Waals surface area (Å²) in [6.45, 7) is 0. The van der Waals surface area contributed by atoms with Gasteiger partial charge in [-0.15, -0.1) is 0 Å². The van der Waals surface area contributed by atoms with Crippen LogP contribution < -0.4 is 4.74 Å². The summed E-state index contributed by atoms with van der Waals surface area (Å²) in [6.07, 6.45) is -0.380. The molecule has 0 saturated carbocycles. The summed E-state index contributed by atoms with van der Waals surface area (Å²) in [5.41, 5.74) is 1.04. The first kappa shape index (κ1) is 18.5. The number of phenolic OH excluding ortho intramolecular Hbond substituents is 1. The van der Waals surface area contributed by atoms with Gasteiger partial charge in [0.1, 0.15) is 11.5 Å². The molecule has 0 atom stereocenters. The predicted octanol–water partition coefficient (Wildman–Crippen LogP) is 4.24. The molecule has 2 aromatic carbocycles. The molecule has 0 aliphatic heterocycles. The average molecular weight is 638 g/mol. The Morgan fingerprint density at radius 3 is 2.14 bits per heavy atom. The van der Waals surface area contributed by atoms with Crippen molar-refractivity contribution in [1.82, 2.24) is 0 Å². The highest BCUT2D eigenvalue weighted by Crippen LogP contribution is 2.34. The fraction of sp³-hybridized carbons (Fsp3) is 0.200. The smallest absolute Gasteiger partial charge is 0.154 e. The molecular weight excluding hydrogens is 625 g/mol. The van der Waals surface area contributed by atoms with Gasteiger partial charge in [-0.05, 0) is 110 Å². The molecule has 3 N–H and O–H groups in total. The predicted molar refractivity (Wildman–Crippen MR) is 109 cm³/mol. The Morgan fingerprint density at radius 2 is 1.59 bits per heavy atom. The maximum Gasteiger partial charge on any atom is 0.154 e. The Labute approximate surface area is 169 Å². The number of rotatable bonds is 5. The third-order valence-corrected chi connectivity index (χ3v) is 5.35. The standard InChI is InChI=1S/C15H13I3O4/c16-10-7-9(2-3-13(10)19)22-15-11(17)5-8(6-12(15)18)1-4-14(20)21/h2-3,5-7,14,19-21H,1,4H2. The van der Waals surface area contributed by atoms with Gasteiger partial charge in [-0.3, -0.25) is 0 Å². The second-order valence-electron chi connectivity index (χ2n) is 4.62. The largest absolute Gasteiger partial charge is 0.507 e. The summed E-state index contributed by atoms with van der Waals surface area (Å²) in [4.78, 5) is 0. The molecule has 0 aliphatic rings. The van der Waals surface area contributed by atoms with Crippen molar-refractivity contribution in [3.8, 4) is 17.2 Å². The van der Waals surface area contributed by atoms with E-state index in [1.807, 2.05) is 12.1 Å².